The van der Waals surface area contributed by atoms with Gasteiger partial charge in [0.25, 0.3) is 0 Å². The minimum atomic E-state index is -2.80. The highest BCUT2D eigenvalue weighted by Crippen LogP contribution is 2.08. The monoisotopic (exact) mass is 150 g/mol. The van der Waals surface area contributed by atoms with E-state index in [9.17, 15) is 8.42 Å². The maximum Gasteiger partial charge on any atom is 0.150 e. The lowest BCUT2D eigenvalue weighted by Gasteiger charge is -2.11. The van der Waals surface area contributed by atoms with Crippen molar-refractivity contribution < 1.29 is 8.42 Å². The van der Waals surface area contributed by atoms with Gasteiger partial charge in [0.05, 0.1) is 5.25 Å². The average molecular weight is 150 g/mol. The Balaban J connectivity index is 4.24. The quantitative estimate of drug-likeness (QED) is 0.590. The van der Waals surface area contributed by atoms with E-state index in [1.54, 1.807) is 6.92 Å². The lowest BCUT2D eigenvalue weighted by atomic mass is 10.2. The van der Waals surface area contributed by atoms with Crippen molar-refractivity contribution in [2.45, 2.75) is 26.0 Å². The van der Waals surface area contributed by atoms with Crippen molar-refractivity contribution in [3.8, 4) is 0 Å². The lowest BCUT2D eigenvalue weighted by Crippen LogP contribution is -2.21. The van der Waals surface area contributed by atoms with Crippen molar-refractivity contribution in [2.75, 3.05) is 6.26 Å². The van der Waals surface area contributed by atoms with Crippen LogP contribution < -0.4 is 0 Å². The third-order valence-corrected chi connectivity index (χ3v) is 3.51. The Morgan fingerprint density at radius 2 is 1.44 bits per heavy atom. The van der Waals surface area contributed by atoms with Crippen LogP contribution in [0.15, 0.2) is 0 Å². The predicted octanol–water partition coefficient (Wildman–Crippen LogP) is 1.08. The van der Waals surface area contributed by atoms with Crippen LogP contribution in [-0.4, -0.2) is 19.9 Å². The van der Waals surface area contributed by atoms with Crippen LogP contribution in [0.4, 0.5) is 0 Å². The summed E-state index contributed by atoms with van der Waals surface area (Å²) in [6, 6.07) is 0. The molecular formula is C6H14O2S. The molecule has 9 heavy (non-hydrogen) atoms. The van der Waals surface area contributed by atoms with Crippen molar-refractivity contribution in [1.82, 2.24) is 0 Å². The van der Waals surface area contributed by atoms with E-state index in [0.717, 1.165) is 0 Å². The summed E-state index contributed by atoms with van der Waals surface area (Å²) in [5.41, 5.74) is 0. The molecule has 1 atom stereocenters. The van der Waals surface area contributed by atoms with Crippen LogP contribution >= 0.6 is 0 Å². The van der Waals surface area contributed by atoms with E-state index in [2.05, 4.69) is 0 Å². The Morgan fingerprint density at radius 3 is 1.44 bits per heavy atom. The molecule has 0 aromatic carbocycles. The van der Waals surface area contributed by atoms with Gasteiger partial charge in [-0.3, -0.25) is 0 Å². The Bertz CT molecular complexity index is 167. The topological polar surface area (TPSA) is 34.1 Å². The highest BCUT2D eigenvalue weighted by Gasteiger charge is 2.17. The first-order valence-electron chi connectivity index (χ1n) is 3.04. The highest BCUT2D eigenvalue weighted by atomic mass is 32.2. The molecule has 0 heterocycles. The third-order valence-electron chi connectivity index (χ3n) is 1.61. The van der Waals surface area contributed by atoms with E-state index in [1.807, 2.05) is 13.8 Å². The summed E-state index contributed by atoms with van der Waals surface area (Å²) in [7, 11) is -2.80. The molecule has 0 aliphatic carbocycles. The van der Waals surface area contributed by atoms with Crippen LogP contribution in [0.1, 0.15) is 20.8 Å². The lowest BCUT2D eigenvalue weighted by molar-refractivity contribution is 0.551. The van der Waals surface area contributed by atoms with E-state index in [0.29, 0.717) is 0 Å². The first-order chi connectivity index (χ1) is 3.85. The van der Waals surface area contributed by atoms with Crippen LogP contribution in [0, 0.1) is 5.92 Å². The molecule has 0 bridgehead atoms. The Morgan fingerprint density at radius 1 is 1.11 bits per heavy atom. The number of hydrogen-bond acceptors (Lipinski definition) is 2. The Kier molecular flexibility index (Phi) is 2.67. The normalized spacial score (nSPS) is 16.1. The molecule has 0 radical (unpaired) electrons. The minimum Gasteiger partial charge on any atom is -0.229 e. The smallest absolute Gasteiger partial charge is 0.150 e. The fraction of sp³-hybridized carbons (Fsp3) is 1.00. The molecule has 0 aromatic rings. The summed E-state index contributed by atoms with van der Waals surface area (Å²) in [6.07, 6.45) is 1.28. The van der Waals surface area contributed by atoms with Gasteiger partial charge in [0.1, 0.15) is 9.84 Å². The first kappa shape index (κ1) is 8.95. The molecule has 0 spiro atoms. The summed E-state index contributed by atoms with van der Waals surface area (Å²) in [6.45, 7) is 5.55. The number of sulfone groups is 1. The zero-order valence-electron chi connectivity index (χ0n) is 6.38. The second kappa shape index (κ2) is 2.69. The fourth-order valence-electron chi connectivity index (χ4n) is 0.494. The van der Waals surface area contributed by atoms with Crippen molar-refractivity contribution in [2.24, 2.45) is 5.92 Å². The van der Waals surface area contributed by atoms with Gasteiger partial charge in [-0.1, -0.05) is 13.8 Å². The van der Waals surface area contributed by atoms with Crippen molar-refractivity contribution in [1.29, 1.82) is 0 Å². The zero-order valence-corrected chi connectivity index (χ0v) is 7.20. The molecule has 3 heteroatoms. The summed E-state index contributed by atoms with van der Waals surface area (Å²) < 4.78 is 21.5. The van der Waals surface area contributed by atoms with Gasteiger partial charge >= 0.3 is 0 Å². The largest absolute Gasteiger partial charge is 0.229 e. The second-order valence-corrected chi connectivity index (χ2v) is 5.18. The number of hydrogen-bond donors (Lipinski definition) is 0. The van der Waals surface area contributed by atoms with E-state index < -0.39 is 9.84 Å². The van der Waals surface area contributed by atoms with Crippen LogP contribution in [0.5, 0.6) is 0 Å². The van der Waals surface area contributed by atoms with Gasteiger partial charge in [-0.2, -0.15) is 0 Å². The van der Waals surface area contributed by atoms with Gasteiger partial charge in [0, 0.05) is 6.26 Å². The Labute approximate surface area is 57.2 Å². The summed E-state index contributed by atoms with van der Waals surface area (Å²) in [5.74, 6) is 0.222. The molecular weight excluding hydrogens is 136 g/mol. The standard InChI is InChI=1S/C6H14O2S/c1-5(2)6(3)9(4,7)8/h5-6H,1-4H3/t6-/m1/s1. The van der Waals surface area contributed by atoms with Gasteiger partial charge in [0.2, 0.25) is 0 Å². The molecule has 0 aliphatic heterocycles. The second-order valence-electron chi connectivity index (χ2n) is 2.78. The molecule has 2 nitrogen and oxygen atoms in total. The maximum atomic E-state index is 10.8. The van der Waals surface area contributed by atoms with E-state index in [-0.39, 0.29) is 11.2 Å². The Hall–Kier alpha value is -0.0500. The highest BCUT2D eigenvalue weighted by molar-refractivity contribution is 7.91. The maximum absolute atomic E-state index is 10.8. The third kappa shape index (κ3) is 2.84. The van der Waals surface area contributed by atoms with Crippen LogP contribution in [0.2, 0.25) is 0 Å². The summed E-state index contributed by atoms with van der Waals surface area (Å²) >= 11 is 0. The minimum absolute atomic E-state index is 0.211. The molecule has 0 unspecified atom stereocenters. The predicted molar refractivity (Wildman–Crippen MR) is 39.1 cm³/mol. The molecule has 56 valence electrons. The van der Waals surface area contributed by atoms with Gasteiger partial charge in [-0.05, 0) is 12.8 Å². The van der Waals surface area contributed by atoms with Crippen molar-refractivity contribution >= 4 is 9.84 Å². The fourth-order valence-corrected chi connectivity index (χ4v) is 1.48. The van der Waals surface area contributed by atoms with E-state index in [1.165, 1.54) is 6.26 Å². The molecule has 0 N–H and O–H groups in total. The van der Waals surface area contributed by atoms with Gasteiger partial charge < -0.3 is 0 Å². The van der Waals surface area contributed by atoms with Crippen molar-refractivity contribution in [3.63, 3.8) is 0 Å². The molecule has 0 amide bonds. The average Bonchev–Trinajstić information content (AvgIpc) is 1.62. The SMILES string of the molecule is CC(C)[C@@H](C)S(C)(=O)=O. The molecule has 0 saturated carbocycles. The van der Waals surface area contributed by atoms with Gasteiger partial charge in [-0.25, -0.2) is 8.42 Å². The zero-order chi connectivity index (χ0) is 7.65. The number of rotatable bonds is 2. The molecule has 0 aromatic heterocycles. The van der Waals surface area contributed by atoms with Gasteiger partial charge in [-0.15, -0.1) is 0 Å². The first-order valence-corrected chi connectivity index (χ1v) is 5.00. The van der Waals surface area contributed by atoms with Crippen LogP contribution in [0.25, 0.3) is 0 Å². The van der Waals surface area contributed by atoms with Crippen LogP contribution in [0.3, 0.4) is 0 Å². The van der Waals surface area contributed by atoms with Crippen molar-refractivity contribution in [3.05, 3.63) is 0 Å². The van der Waals surface area contributed by atoms with Gasteiger partial charge in [0.15, 0.2) is 0 Å². The molecule has 0 rings (SSSR count). The molecule has 0 saturated heterocycles. The van der Waals surface area contributed by atoms with E-state index >= 15 is 0 Å². The van der Waals surface area contributed by atoms with Crippen LogP contribution in [-0.2, 0) is 9.84 Å². The summed E-state index contributed by atoms with van der Waals surface area (Å²) in [5, 5.41) is -0.211. The summed E-state index contributed by atoms with van der Waals surface area (Å²) in [4.78, 5) is 0. The molecule has 0 fully saturated rings. The molecule has 0 aliphatic rings. The van der Waals surface area contributed by atoms with E-state index in [4.69, 9.17) is 0 Å².